The maximum absolute atomic E-state index is 4.07. The summed E-state index contributed by atoms with van der Waals surface area (Å²) in [5.41, 5.74) is 2.28. The van der Waals surface area contributed by atoms with Crippen molar-refractivity contribution in [1.29, 1.82) is 0 Å². The van der Waals surface area contributed by atoms with Crippen LogP contribution in [0.2, 0.25) is 0 Å². The summed E-state index contributed by atoms with van der Waals surface area (Å²) in [6.07, 6.45) is 1.93. The first kappa shape index (κ1) is 13.7. The van der Waals surface area contributed by atoms with Crippen LogP contribution in [-0.4, -0.2) is 40.5 Å². The van der Waals surface area contributed by atoms with Gasteiger partial charge in [0, 0.05) is 32.4 Å². The molecule has 0 radical (unpaired) electrons. The van der Waals surface area contributed by atoms with Gasteiger partial charge in [0.15, 0.2) is 0 Å². The second kappa shape index (κ2) is 6.45. The molecule has 0 aliphatic rings. The molecule has 0 amide bonds. The second-order valence-electron chi connectivity index (χ2n) is 4.90. The van der Waals surface area contributed by atoms with Crippen molar-refractivity contribution in [3.05, 3.63) is 47.8 Å². The van der Waals surface area contributed by atoms with E-state index in [9.17, 15) is 0 Å². The normalized spacial score (nSPS) is 12.8. The molecule has 0 spiro atoms. The van der Waals surface area contributed by atoms with E-state index in [-0.39, 0.29) is 0 Å². The van der Waals surface area contributed by atoms with Gasteiger partial charge < -0.3 is 10.2 Å². The van der Waals surface area contributed by atoms with Crippen LogP contribution in [0.4, 0.5) is 0 Å². The largest absolute Gasteiger partial charge is 0.309 e. The molecular formula is C14H21N5. The molecule has 5 nitrogen and oxygen atoms in total. The zero-order chi connectivity index (χ0) is 13.7. The van der Waals surface area contributed by atoms with Gasteiger partial charge in [-0.3, -0.25) is 4.68 Å². The van der Waals surface area contributed by atoms with E-state index in [0.29, 0.717) is 6.04 Å². The Balaban J connectivity index is 1.91. The molecule has 1 aromatic carbocycles. The summed E-state index contributed by atoms with van der Waals surface area (Å²) in [7, 11) is 6.08. The molecule has 0 saturated heterocycles. The highest BCUT2D eigenvalue weighted by atomic mass is 15.4. The SMILES string of the molecule is CN(C)C(CNCc1cn(C)nn1)c1ccccc1. The zero-order valence-electron chi connectivity index (χ0n) is 11.7. The van der Waals surface area contributed by atoms with Gasteiger partial charge in [-0.25, -0.2) is 0 Å². The third-order valence-electron chi connectivity index (χ3n) is 3.10. The van der Waals surface area contributed by atoms with Crippen LogP contribution in [0.3, 0.4) is 0 Å². The number of hydrogen-bond donors (Lipinski definition) is 1. The molecule has 19 heavy (non-hydrogen) atoms. The molecule has 0 aliphatic heterocycles. The fraction of sp³-hybridized carbons (Fsp3) is 0.429. The summed E-state index contributed by atoms with van der Waals surface area (Å²) in [5, 5.41) is 11.4. The van der Waals surface area contributed by atoms with E-state index in [1.54, 1.807) is 4.68 Å². The van der Waals surface area contributed by atoms with Crippen molar-refractivity contribution in [2.45, 2.75) is 12.6 Å². The molecule has 1 aromatic heterocycles. The van der Waals surface area contributed by atoms with Crippen LogP contribution in [0.5, 0.6) is 0 Å². The molecular weight excluding hydrogens is 238 g/mol. The standard InChI is InChI=1S/C14H21N5/c1-18(2)14(12-7-5-4-6-8-12)10-15-9-13-11-19(3)17-16-13/h4-8,11,14-15H,9-10H2,1-3H3. The summed E-state index contributed by atoms with van der Waals surface area (Å²) >= 11 is 0. The quantitative estimate of drug-likeness (QED) is 0.847. The van der Waals surface area contributed by atoms with Crippen LogP contribution >= 0.6 is 0 Å². The van der Waals surface area contributed by atoms with Gasteiger partial charge in [-0.2, -0.15) is 0 Å². The van der Waals surface area contributed by atoms with Gasteiger partial charge in [0.1, 0.15) is 0 Å². The highest BCUT2D eigenvalue weighted by Gasteiger charge is 2.13. The molecule has 0 aliphatic carbocycles. The Hall–Kier alpha value is -1.72. The Morgan fingerprint density at radius 2 is 2.00 bits per heavy atom. The second-order valence-corrected chi connectivity index (χ2v) is 4.90. The summed E-state index contributed by atoms with van der Waals surface area (Å²) in [5.74, 6) is 0. The fourth-order valence-electron chi connectivity index (χ4n) is 2.09. The van der Waals surface area contributed by atoms with E-state index in [0.717, 1.165) is 18.8 Å². The number of nitrogens with zero attached hydrogens (tertiary/aromatic N) is 4. The molecule has 0 fully saturated rings. The third kappa shape index (κ3) is 3.87. The van der Waals surface area contributed by atoms with Gasteiger partial charge in [0.2, 0.25) is 0 Å². The first-order chi connectivity index (χ1) is 9.16. The van der Waals surface area contributed by atoms with E-state index >= 15 is 0 Å². The molecule has 1 heterocycles. The summed E-state index contributed by atoms with van der Waals surface area (Å²) < 4.78 is 1.72. The van der Waals surface area contributed by atoms with Gasteiger partial charge in [0.05, 0.1) is 5.69 Å². The van der Waals surface area contributed by atoms with Crippen LogP contribution < -0.4 is 5.32 Å². The number of likely N-dealkylation sites (N-methyl/N-ethyl adjacent to an activating group) is 1. The highest BCUT2D eigenvalue weighted by Crippen LogP contribution is 2.16. The average Bonchev–Trinajstić information content (AvgIpc) is 2.81. The van der Waals surface area contributed by atoms with Crippen molar-refractivity contribution < 1.29 is 0 Å². The fourth-order valence-corrected chi connectivity index (χ4v) is 2.09. The van der Waals surface area contributed by atoms with Gasteiger partial charge >= 0.3 is 0 Å². The summed E-state index contributed by atoms with van der Waals surface area (Å²) in [4.78, 5) is 2.22. The molecule has 0 saturated carbocycles. The van der Waals surface area contributed by atoms with Gasteiger partial charge in [-0.05, 0) is 19.7 Å². The Morgan fingerprint density at radius 3 is 2.58 bits per heavy atom. The maximum Gasteiger partial charge on any atom is 0.0964 e. The van der Waals surface area contributed by atoms with E-state index in [1.165, 1.54) is 5.56 Å². The average molecular weight is 259 g/mol. The topological polar surface area (TPSA) is 46.0 Å². The highest BCUT2D eigenvalue weighted by molar-refractivity contribution is 5.19. The number of aryl methyl sites for hydroxylation is 1. The first-order valence-electron chi connectivity index (χ1n) is 6.44. The first-order valence-corrected chi connectivity index (χ1v) is 6.44. The van der Waals surface area contributed by atoms with E-state index in [2.05, 4.69) is 58.9 Å². The molecule has 2 aromatic rings. The van der Waals surface area contributed by atoms with Crippen molar-refractivity contribution in [2.75, 3.05) is 20.6 Å². The lowest BCUT2D eigenvalue weighted by molar-refractivity contribution is 0.288. The monoisotopic (exact) mass is 259 g/mol. The Bertz CT molecular complexity index is 492. The number of benzene rings is 1. The smallest absolute Gasteiger partial charge is 0.0964 e. The van der Waals surface area contributed by atoms with Crippen molar-refractivity contribution in [2.24, 2.45) is 7.05 Å². The minimum atomic E-state index is 0.359. The number of aromatic nitrogens is 3. The van der Waals surface area contributed by atoms with Gasteiger partial charge in [-0.15, -0.1) is 5.10 Å². The Labute approximate surface area is 114 Å². The van der Waals surface area contributed by atoms with Crippen molar-refractivity contribution in [3.63, 3.8) is 0 Å². The molecule has 5 heteroatoms. The lowest BCUT2D eigenvalue weighted by atomic mass is 10.1. The van der Waals surface area contributed by atoms with Crippen molar-refractivity contribution in [1.82, 2.24) is 25.2 Å². The maximum atomic E-state index is 4.07. The predicted molar refractivity (Wildman–Crippen MR) is 75.6 cm³/mol. The van der Waals surface area contributed by atoms with E-state index < -0.39 is 0 Å². The molecule has 2 rings (SSSR count). The molecule has 1 unspecified atom stereocenters. The van der Waals surface area contributed by atoms with Crippen LogP contribution in [0.1, 0.15) is 17.3 Å². The Morgan fingerprint density at radius 1 is 1.26 bits per heavy atom. The van der Waals surface area contributed by atoms with Crippen molar-refractivity contribution in [3.8, 4) is 0 Å². The molecule has 1 N–H and O–H groups in total. The molecule has 1 atom stereocenters. The lowest BCUT2D eigenvalue weighted by Crippen LogP contribution is -2.30. The van der Waals surface area contributed by atoms with Crippen LogP contribution in [-0.2, 0) is 13.6 Å². The number of hydrogen-bond acceptors (Lipinski definition) is 4. The minimum absolute atomic E-state index is 0.359. The van der Waals surface area contributed by atoms with Gasteiger partial charge in [-0.1, -0.05) is 35.5 Å². The summed E-state index contributed by atoms with van der Waals surface area (Å²) in [6.45, 7) is 1.62. The van der Waals surface area contributed by atoms with Crippen LogP contribution in [0.15, 0.2) is 36.5 Å². The minimum Gasteiger partial charge on any atom is -0.309 e. The van der Waals surface area contributed by atoms with Crippen LogP contribution in [0, 0.1) is 0 Å². The van der Waals surface area contributed by atoms with Gasteiger partial charge in [0.25, 0.3) is 0 Å². The third-order valence-corrected chi connectivity index (χ3v) is 3.10. The van der Waals surface area contributed by atoms with E-state index in [4.69, 9.17) is 0 Å². The number of rotatable bonds is 6. The number of nitrogens with one attached hydrogen (secondary N) is 1. The Kier molecular flexibility index (Phi) is 4.65. The predicted octanol–water partition coefficient (Wildman–Crippen LogP) is 1.21. The zero-order valence-corrected chi connectivity index (χ0v) is 11.7. The van der Waals surface area contributed by atoms with Crippen molar-refractivity contribution >= 4 is 0 Å². The lowest BCUT2D eigenvalue weighted by Gasteiger charge is -2.25. The van der Waals surface area contributed by atoms with Crippen LogP contribution in [0.25, 0.3) is 0 Å². The molecule has 0 bridgehead atoms. The van der Waals surface area contributed by atoms with E-state index in [1.807, 2.05) is 19.3 Å². The molecule has 102 valence electrons. The summed E-state index contributed by atoms with van der Waals surface area (Å²) in [6, 6.07) is 10.9.